The summed E-state index contributed by atoms with van der Waals surface area (Å²) >= 11 is 0. The van der Waals surface area contributed by atoms with E-state index in [0.29, 0.717) is 37.6 Å². The monoisotopic (exact) mass is 445 g/mol. The molecular weight excluding hydrogens is 421 g/mol. The minimum Gasteiger partial charge on any atom is -0.493 e. The second-order valence-electron chi connectivity index (χ2n) is 7.27. The smallest absolute Gasteiger partial charge is 0.243 e. The lowest BCUT2D eigenvalue weighted by Crippen LogP contribution is -2.42. The normalized spacial score (nSPS) is 17.5. The van der Waals surface area contributed by atoms with Crippen LogP contribution in [0.2, 0.25) is 0 Å². The van der Waals surface area contributed by atoms with Crippen molar-refractivity contribution in [3.05, 3.63) is 77.9 Å². The van der Waals surface area contributed by atoms with Crippen LogP contribution in [-0.4, -0.2) is 48.8 Å². The van der Waals surface area contributed by atoms with Crippen molar-refractivity contribution in [2.75, 3.05) is 26.3 Å². The van der Waals surface area contributed by atoms with E-state index in [4.69, 9.17) is 9.47 Å². The molecule has 0 bridgehead atoms. The number of nitrogens with zero attached hydrogens (tertiary/aromatic N) is 3. The van der Waals surface area contributed by atoms with Crippen LogP contribution in [0.15, 0.2) is 65.6 Å². The van der Waals surface area contributed by atoms with Crippen molar-refractivity contribution in [2.24, 2.45) is 7.05 Å². The van der Waals surface area contributed by atoms with Crippen molar-refractivity contribution in [3.63, 3.8) is 0 Å². The van der Waals surface area contributed by atoms with Gasteiger partial charge in [-0.15, -0.1) is 0 Å². The standard InChI is InChI=1S/C22H24FN3O4S/c1-25-18(11-13-29-19-9-7-17(23)8-10-19)15-21(24-25)22-16-26(12-14-30-22)31(27,28)20-5-3-2-4-6-20/h2-10,15,22H,11-14,16H2,1H3/t22-/m0/s1. The molecule has 0 aliphatic carbocycles. The lowest BCUT2D eigenvalue weighted by molar-refractivity contribution is -0.00520. The van der Waals surface area contributed by atoms with Crippen LogP contribution in [0.4, 0.5) is 4.39 Å². The summed E-state index contributed by atoms with van der Waals surface area (Å²) in [5.41, 5.74) is 1.62. The lowest BCUT2D eigenvalue weighted by atomic mass is 10.2. The number of aromatic nitrogens is 2. The Kier molecular flexibility index (Phi) is 6.35. The van der Waals surface area contributed by atoms with Crippen molar-refractivity contribution >= 4 is 10.0 Å². The Morgan fingerprint density at radius 2 is 1.90 bits per heavy atom. The Morgan fingerprint density at radius 3 is 2.65 bits per heavy atom. The van der Waals surface area contributed by atoms with Gasteiger partial charge >= 0.3 is 0 Å². The van der Waals surface area contributed by atoms with Gasteiger partial charge in [-0.1, -0.05) is 18.2 Å². The molecule has 1 aliphatic heterocycles. The molecule has 164 valence electrons. The number of rotatable bonds is 7. The van der Waals surface area contributed by atoms with E-state index in [0.717, 1.165) is 5.69 Å². The zero-order valence-electron chi connectivity index (χ0n) is 17.1. The topological polar surface area (TPSA) is 73.7 Å². The molecule has 4 rings (SSSR count). The number of morpholine rings is 1. The molecule has 3 aromatic rings. The molecule has 0 saturated carbocycles. The number of benzene rings is 2. The minimum absolute atomic E-state index is 0.208. The summed E-state index contributed by atoms with van der Waals surface area (Å²) in [6, 6.07) is 16.2. The van der Waals surface area contributed by atoms with Crippen LogP contribution in [0.3, 0.4) is 0 Å². The molecule has 1 saturated heterocycles. The molecule has 2 heterocycles. The highest BCUT2D eigenvalue weighted by Gasteiger charge is 2.32. The van der Waals surface area contributed by atoms with E-state index in [9.17, 15) is 12.8 Å². The maximum Gasteiger partial charge on any atom is 0.243 e. The van der Waals surface area contributed by atoms with E-state index in [1.807, 2.05) is 13.1 Å². The van der Waals surface area contributed by atoms with Gasteiger partial charge in [0.25, 0.3) is 0 Å². The average Bonchev–Trinajstić information content (AvgIpc) is 3.16. The van der Waals surface area contributed by atoms with Crippen LogP contribution >= 0.6 is 0 Å². The van der Waals surface area contributed by atoms with Gasteiger partial charge in [0.05, 0.1) is 23.8 Å². The van der Waals surface area contributed by atoms with Gasteiger partial charge in [-0.3, -0.25) is 4.68 Å². The van der Waals surface area contributed by atoms with E-state index in [2.05, 4.69) is 5.10 Å². The number of ether oxygens (including phenoxy) is 2. The lowest BCUT2D eigenvalue weighted by Gasteiger charge is -2.31. The van der Waals surface area contributed by atoms with Crippen LogP contribution in [-0.2, 0) is 28.2 Å². The summed E-state index contributed by atoms with van der Waals surface area (Å²) < 4.78 is 53.5. The van der Waals surface area contributed by atoms with Crippen molar-refractivity contribution in [1.29, 1.82) is 0 Å². The second-order valence-corrected chi connectivity index (χ2v) is 9.21. The third-order valence-corrected chi connectivity index (χ3v) is 7.06. The minimum atomic E-state index is -3.58. The number of hydrogen-bond acceptors (Lipinski definition) is 5. The largest absolute Gasteiger partial charge is 0.493 e. The molecule has 9 heteroatoms. The first-order chi connectivity index (χ1) is 14.9. The molecule has 1 aliphatic rings. The van der Waals surface area contributed by atoms with Crippen molar-refractivity contribution in [2.45, 2.75) is 17.4 Å². The highest BCUT2D eigenvalue weighted by atomic mass is 32.2. The maximum atomic E-state index is 13.0. The summed E-state index contributed by atoms with van der Waals surface area (Å²) in [7, 11) is -1.75. The highest BCUT2D eigenvalue weighted by Crippen LogP contribution is 2.26. The fraction of sp³-hybridized carbons (Fsp3) is 0.318. The summed E-state index contributed by atoms with van der Waals surface area (Å²) in [6.07, 6.45) is 0.157. The van der Waals surface area contributed by atoms with Gasteiger partial charge in [-0.2, -0.15) is 9.40 Å². The quantitative estimate of drug-likeness (QED) is 0.559. The molecule has 2 aromatic carbocycles. The first-order valence-corrected chi connectivity index (χ1v) is 11.5. The molecule has 7 nitrogen and oxygen atoms in total. The van der Waals surface area contributed by atoms with E-state index >= 15 is 0 Å². The van der Waals surface area contributed by atoms with Gasteiger partial charge in [-0.25, -0.2) is 12.8 Å². The molecular formula is C22H24FN3O4S. The summed E-state index contributed by atoms with van der Waals surface area (Å²) in [4.78, 5) is 0.273. The number of halogens is 1. The third kappa shape index (κ3) is 4.95. The molecule has 1 aromatic heterocycles. The molecule has 0 amide bonds. The summed E-state index contributed by atoms with van der Waals surface area (Å²) in [5.74, 6) is 0.292. The van der Waals surface area contributed by atoms with E-state index in [-0.39, 0.29) is 17.3 Å². The van der Waals surface area contributed by atoms with Crippen LogP contribution in [0.1, 0.15) is 17.5 Å². The van der Waals surface area contributed by atoms with Crippen molar-refractivity contribution in [3.8, 4) is 5.75 Å². The number of aryl methyl sites for hydroxylation is 1. The second kappa shape index (κ2) is 9.17. The van der Waals surface area contributed by atoms with Crippen molar-refractivity contribution < 1.29 is 22.3 Å². The third-order valence-electron chi connectivity index (χ3n) is 5.18. The fourth-order valence-electron chi connectivity index (χ4n) is 3.49. The number of hydrogen-bond donors (Lipinski definition) is 0. The van der Waals surface area contributed by atoms with Gasteiger partial charge in [0.15, 0.2) is 0 Å². The number of sulfonamides is 1. The predicted octanol–water partition coefficient (Wildman–Crippen LogP) is 2.94. The Balaban J connectivity index is 1.41. The molecule has 0 unspecified atom stereocenters. The zero-order chi connectivity index (χ0) is 21.8. The van der Waals surface area contributed by atoms with Crippen LogP contribution in [0, 0.1) is 5.82 Å². The Bertz CT molecular complexity index is 1120. The first-order valence-electron chi connectivity index (χ1n) is 10.0. The maximum absolute atomic E-state index is 13.0. The summed E-state index contributed by atoms with van der Waals surface area (Å²) in [5, 5.41) is 4.53. The molecule has 0 spiro atoms. The Morgan fingerprint density at radius 1 is 1.16 bits per heavy atom. The van der Waals surface area contributed by atoms with E-state index in [1.165, 1.54) is 16.4 Å². The zero-order valence-corrected chi connectivity index (χ0v) is 18.0. The van der Waals surface area contributed by atoms with Gasteiger partial charge in [0, 0.05) is 32.3 Å². The van der Waals surface area contributed by atoms with Crippen molar-refractivity contribution in [1.82, 2.24) is 14.1 Å². The van der Waals surface area contributed by atoms with Crippen LogP contribution < -0.4 is 4.74 Å². The highest BCUT2D eigenvalue weighted by molar-refractivity contribution is 7.89. The molecule has 1 fully saturated rings. The van der Waals surface area contributed by atoms with Gasteiger partial charge in [0.2, 0.25) is 10.0 Å². The molecule has 0 radical (unpaired) electrons. The SMILES string of the molecule is Cn1nc([C@@H]2CN(S(=O)(=O)c3ccccc3)CCO2)cc1CCOc1ccc(F)cc1. The Hall–Kier alpha value is -2.75. The van der Waals surface area contributed by atoms with Gasteiger partial charge in [0.1, 0.15) is 17.7 Å². The molecule has 31 heavy (non-hydrogen) atoms. The molecule has 1 atom stereocenters. The fourth-order valence-corrected chi connectivity index (χ4v) is 4.94. The van der Waals surface area contributed by atoms with E-state index in [1.54, 1.807) is 47.1 Å². The summed E-state index contributed by atoms with van der Waals surface area (Å²) in [6.45, 7) is 1.22. The molecule has 0 N–H and O–H groups in total. The average molecular weight is 446 g/mol. The van der Waals surface area contributed by atoms with Gasteiger partial charge < -0.3 is 9.47 Å². The van der Waals surface area contributed by atoms with E-state index < -0.39 is 16.1 Å². The van der Waals surface area contributed by atoms with Gasteiger partial charge in [-0.05, 0) is 42.5 Å². The first kappa shape index (κ1) is 21.5. The van der Waals surface area contributed by atoms with Crippen LogP contribution in [0.5, 0.6) is 5.75 Å². The Labute approximate surface area is 181 Å². The predicted molar refractivity (Wildman–Crippen MR) is 113 cm³/mol. The van der Waals surface area contributed by atoms with Crippen LogP contribution in [0.25, 0.3) is 0 Å².